The molecule has 164 valence electrons. The molecule has 1 fully saturated rings. The third kappa shape index (κ3) is 3.39. The van der Waals surface area contributed by atoms with Crippen molar-refractivity contribution in [2.24, 2.45) is 5.92 Å². The SMILES string of the molecule is O=C(c1cccc(-c2cc3ccccc3oc2=O)c1)N1C[C@H]2C[C@H](C1)c1cccc(=O)n1C2. The molecule has 2 aliphatic heterocycles. The number of pyridine rings is 1. The number of nitrogens with zero attached hydrogens (tertiary/aromatic N) is 2. The number of hydrogen-bond donors (Lipinski definition) is 0. The van der Waals surface area contributed by atoms with Crippen LogP contribution in [0.25, 0.3) is 22.1 Å². The summed E-state index contributed by atoms with van der Waals surface area (Å²) in [5.74, 6) is 0.366. The summed E-state index contributed by atoms with van der Waals surface area (Å²) >= 11 is 0. The van der Waals surface area contributed by atoms with E-state index in [0.29, 0.717) is 41.9 Å². The summed E-state index contributed by atoms with van der Waals surface area (Å²) in [5.41, 5.74) is 2.81. The Hall–Kier alpha value is -3.93. The van der Waals surface area contributed by atoms with E-state index in [4.69, 9.17) is 4.42 Å². The molecule has 1 saturated heterocycles. The average Bonchev–Trinajstić information content (AvgIpc) is 2.84. The minimum Gasteiger partial charge on any atom is -0.422 e. The van der Waals surface area contributed by atoms with Crippen molar-refractivity contribution < 1.29 is 9.21 Å². The van der Waals surface area contributed by atoms with Crippen molar-refractivity contribution in [3.63, 3.8) is 0 Å². The Morgan fingerprint density at radius 3 is 2.64 bits per heavy atom. The van der Waals surface area contributed by atoms with Gasteiger partial charge in [0, 0.05) is 48.3 Å². The van der Waals surface area contributed by atoms with Crippen LogP contribution >= 0.6 is 0 Å². The molecular weight excluding hydrogens is 416 g/mol. The summed E-state index contributed by atoms with van der Waals surface area (Å²) in [4.78, 5) is 40.2. The van der Waals surface area contributed by atoms with Crippen LogP contribution in [-0.4, -0.2) is 28.5 Å². The Bertz CT molecular complexity index is 1520. The van der Waals surface area contributed by atoms with Crippen molar-refractivity contribution in [1.29, 1.82) is 0 Å². The molecule has 0 N–H and O–H groups in total. The molecular formula is C27H22N2O4. The molecule has 0 unspecified atom stereocenters. The van der Waals surface area contributed by atoms with Gasteiger partial charge in [0.1, 0.15) is 5.58 Å². The lowest BCUT2D eigenvalue weighted by Crippen LogP contribution is -2.49. The highest BCUT2D eigenvalue weighted by atomic mass is 16.4. The molecule has 6 rings (SSSR count). The Balaban J connectivity index is 1.32. The van der Waals surface area contributed by atoms with Crippen molar-refractivity contribution in [2.75, 3.05) is 13.1 Å². The van der Waals surface area contributed by atoms with Gasteiger partial charge >= 0.3 is 5.63 Å². The Kier molecular flexibility index (Phi) is 4.54. The van der Waals surface area contributed by atoms with Crippen LogP contribution in [0.4, 0.5) is 0 Å². The van der Waals surface area contributed by atoms with E-state index >= 15 is 0 Å². The van der Waals surface area contributed by atoms with Crippen molar-refractivity contribution in [3.8, 4) is 11.1 Å². The lowest BCUT2D eigenvalue weighted by atomic mass is 9.83. The average molecular weight is 438 g/mol. The maximum Gasteiger partial charge on any atom is 0.344 e. The summed E-state index contributed by atoms with van der Waals surface area (Å²) in [7, 11) is 0. The van der Waals surface area contributed by atoms with Crippen LogP contribution in [0.3, 0.4) is 0 Å². The molecule has 0 spiro atoms. The van der Waals surface area contributed by atoms with Crippen molar-refractivity contribution in [1.82, 2.24) is 9.47 Å². The van der Waals surface area contributed by atoms with Crippen LogP contribution in [0.15, 0.2) is 86.8 Å². The van der Waals surface area contributed by atoms with Crippen LogP contribution in [0.2, 0.25) is 0 Å². The van der Waals surface area contributed by atoms with Gasteiger partial charge in [-0.2, -0.15) is 0 Å². The maximum absolute atomic E-state index is 13.4. The maximum atomic E-state index is 13.4. The molecule has 2 aromatic carbocycles. The molecule has 6 nitrogen and oxygen atoms in total. The minimum atomic E-state index is -0.423. The van der Waals surface area contributed by atoms with Gasteiger partial charge in [-0.3, -0.25) is 9.59 Å². The van der Waals surface area contributed by atoms with Gasteiger partial charge in [-0.1, -0.05) is 36.4 Å². The highest BCUT2D eigenvalue weighted by Crippen LogP contribution is 2.35. The van der Waals surface area contributed by atoms with E-state index in [1.165, 1.54) is 0 Å². The van der Waals surface area contributed by atoms with E-state index in [1.54, 1.807) is 36.4 Å². The molecule has 33 heavy (non-hydrogen) atoms. The summed E-state index contributed by atoms with van der Waals surface area (Å²) in [6.45, 7) is 1.85. The predicted octanol–water partition coefficient (Wildman–Crippen LogP) is 3.88. The Morgan fingerprint density at radius 2 is 1.73 bits per heavy atom. The fraction of sp³-hybridized carbons (Fsp3) is 0.222. The normalized spacial score (nSPS) is 19.3. The topological polar surface area (TPSA) is 72.5 Å². The number of likely N-dealkylation sites (tertiary alicyclic amines) is 1. The second kappa shape index (κ2) is 7.59. The van der Waals surface area contributed by atoms with Gasteiger partial charge in [-0.25, -0.2) is 4.79 Å². The first-order valence-corrected chi connectivity index (χ1v) is 11.2. The van der Waals surface area contributed by atoms with E-state index in [0.717, 1.165) is 17.5 Å². The number of carbonyl (C=O) groups is 1. The zero-order chi connectivity index (χ0) is 22.5. The van der Waals surface area contributed by atoms with Crippen LogP contribution in [0.1, 0.15) is 28.4 Å². The lowest BCUT2D eigenvalue weighted by Gasteiger charge is -2.42. The summed E-state index contributed by atoms with van der Waals surface area (Å²) in [6.07, 6.45) is 0.991. The molecule has 2 atom stereocenters. The van der Waals surface area contributed by atoms with Gasteiger partial charge < -0.3 is 13.9 Å². The quantitative estimate of drug-likeness (QED) is 0.445. The monoisotopic (exact) mass is 438 g/mol. The number of para-hydroxylation sites is 1. The van der Waals surface area contributed by atoms with Crippen LogP contribution < -0.4 is 11.2 Å². The van der Waals surface area contributed by atoms with E-state index < -0.39 is 5.63 Å². The standard InChI is InChI=1S/C27H22N2O4/c30-25-10-4-8-23-21-11-17(15-29(23)25)14-28(16-21)26(31)20-7-3-6-18(12-20)22-13-19-5-1-2-9-24(19)33-27(22)32/h1-10,12-13,17,21H,11,14-16H2/t17-,21-/m1/s1. The van der Waals surface area contributed by atoms with Crippen LogP contribution in [0, 0.1) is 5.92 Å². The first-order valence-electron chi connectivity index (χ1n) is 11.2. The lowest BCUT2D eigenvalue weighted by molar-refractivity contribution is 0.0594. The molecule has 2 aliphatic rings. The Morgan fingerprint density at radius 1 is 0.879 bits per heavy atom. The van der Waals surface area contributed by atoms with Gasteiger partial charge in [0.05, 0.1) is 5.56 Å². The summed E-state index contributed by atoms with van der Waals surface area (Å²) < 4.78 is 7.34. The molecule has 2 aromatic heterocycles. The number of amides is 1. The number of aromatic nitrogens is 1. The fourth-order valence-electron chi connectivity index (χ4n) is 5.33. The first-order chi connectivity index (χ1) is 16.1. The third-order valence-electron chi connectivity index (χ3n) is 6.83. The van der Waals surface area contributed by atoms with Crippen LogP contribution in [-0.2, 0) is 6.54 Å². The molecule has 1 amide bonds. The van der Waals surface area contributed by atoms with Crippen molar-refractivity contribution >= 4 is 16.9 Å². The van der Waals surface area contributed by atoms with Crippen molar-refractivity contribution in [2.45, 2.75) is 18.9 Å². The number of benzene rings is 2. The molecule has 0 saturated carbocycles. The third-order valence-corrected chi connectivity index (χ3v) is 6.83. The second-order valence-electron chi connectivity index (χ2n) is 8.97. The van der Waals surface area contributed by atoms with Gasteiger partial charge in [-0.05, 0) is 48.2 Å². The highest BCUT2D eigenvalue weighted by Gasteiger charge is 2.36. The summed E-state index contributed by atoms with van der Waals surface area (Å²) in [5, 5.41) is 0.835. The van der Waals surface area contributed by atoms with Crippen LogP contribution in [0.5, 0.6) is 0 Å². The Labute approximate surface area is 189 Å². The van der Waals surface area contributed by atoms with Gasteiger partial charge in [0.15, 0.2) is 0 Å². The molecule has 6 heteroatoms. The molecule has 0 radical (unpaired) electrons. The molecule has 4 heterocycles. The number of fused-ring (bicyclic) bond motifs is 5. The molecule has 2 bridgehead atoms. The van der Waals surface area contributed by atoms with Crippen molar-refractivity contribution in [3.05, 3.63) is 105 Å². The van der Waals surface area contributed by atoms with E-state index in [2.05, 4.69) is 0 Å². The number of hydrogen-bond acceptors (Lipinski definition) is 4. The van der Waals surface area contributed by atoms with Gasteiger partial charge in [-0.15, -0.1) is 0 Å². The zero-order valence-electron chi connectivity index (χ0n) is 17.9. The molecule has 4 aromatic rings. The number of rotatable bonds is 2. The zero-order valence-corrected chi connectivity index (χ0v) is 17.9. The predicted molar refractivity (Wildman–Crippen MR) is 125 cm³/mol. The van der Waals surface area contributed by atoms with E-state index in [1.807, 2.05) is 45.9 Å². The number of piperidine rings is 1. The smallest absolute Gasteiger partial charge is 0.344 e. The first kappa shape index (κ1) is 19.7. The fourth-order valence-corrected chi connectivity index (χ4v) is 5.33. The largest absolute Gasteiger partial charge is 0.422 e. The number of carbonyl (C=O) groups excluding carboxylic acids is 1. The minimum absolute atomic E-state index is 0.0314. The van der Waals surface area contributed by atoms with Gasteiger partial charge in [0.25, 0.3) is 11.5 Å². The van der Waals surface area contributed by atoms with E-state index in [-0.39, 0.29) is 23.3 Å². The molecule has 0 aliphatic carbocycles. The highest BCUT2D eigenvalue weighted by molar-refractivity contribution is 5.96. The second-order valence-corrected chi connectivity index (χ2v) is 8.97. The van der Waals surface area contributed by atoms with Gasteiger partial charge in [0.2, 0.25) is 0 Å². The van der Waals surface area contributed by atoms with E-state index in [9.17, 15) is 14.4 Å². The summed E-state index contributed by atoms with van der Waals surface area (Å²) in [6, 6.07) is 21.8.